The predicted octanol–water partition coefficient (Wildman–Crippen LogP) is 0.235. The maximum atomic E-state index is 12.9. The molecule has 0 bridgehead atoms. The number of primary amides is 1. The monoisotopic (exact) mass is 347 g/mol. The lowest BCUT2D eigenvalue weighted by Gasteiger charge is -2.43. The first-order valence-electron chi connectivity index (χ1n) is 8.57. The van der Waals surface area contributed by atoms with Crippen LogP contribution in [0.2, 0.25) is 0 Å². The van der Waals surface area contributed by atoms with E-state index in [0.717, 1.165) is 5.56 Å². The van der Waals surface area contributed by atoms with E-state index < -0.39 is 5.54 Å². The second-order valence-corrected chi connectivity index (χ2v) is 6.57. The number of nitrogens with two attached hydrogens (primary N) is 1. The summed E-state index contributed by atoms with van der Waals surface area (Å²) in [7, 11) is 1.62. The van der Waals surface area contributed by atoms with Gasteiger partial charge in [-0.05, 0) is 11.6 Å². The van der Waals surface area contributed by atoms with E-state index in [2.05, 4.69) is 4.90 Å². The molecule has 0 aliphatic carbocycles. The van der Waals surface area contributed by atoms with E-state index in [9.17, 15) is 9.59 Å². The molecule has 2 amide bonds. The molecule has 1 unspecified atom stereocenters. The Morgan fingerprint density at radius 2 is 1.96 bits per heavy atom. The van der Waals surface area contributed by atoms with Crippen molar-refractivity contribution in [3.8, 4) is 0 Å². The van der Waals surface area contributed by atoms with Crippen molar-refractivity contribution in [2.45, 2.75) is 18.6 Å². The summed E-state index contributed by atoms with van der Waals surface area (Å²) in [5, 5.41) is 0. The first kappa shape index (κ1) is 17.8. The maximum Gasteiger partial charge on any atom is 0.254 e. The van der Waals surface area contributed by atoms with Crippen LogP contribution >= 0.6 is 0 Å². The fourth-order valence-electron chi connectivity index (χ4n) is 3.67. The summed E-state index contributed by atoms with van der Waals surface area (Å²) in [5.74, 6) is -0.335. The van der Waals surface area contributed by atoms with Gasteiger partial charge in [-0.25, -0.2) is 0 Å². The molecule has 1 aromatic rings. The molecule has 2 saturated heterocycles. The molecule has 7 heteroatoms. The lowest BCUT2D eigenvalue weighted by atomic mass is 9.94. The zero-order chi connectivity index (χ0) is 17.9. The molecule has 2 aliphatic heterocycles. The Labute approximate surface area is 147 Å². The Morgan fingerprint density at radius 3 is 2.56 bits per heavy atom. The molecule has 3 rings (SSSR count). The Bertz CT molecular complexity index is 635. The van der Waals surface area contributed by atoms with Crippen molar-refractivity contribution in [3.63, 3.8) is 0 Å². The van der Waals surface area contributed by atoms with Gasteiger partial charge in [0.15, 0.2) is 0 Å². The van der Waals surface area contributed by atoms with Crippen LogP contribution in [0, 0.1) is 0 Å². The lowest BCUT2D eigenvalue weighted by molar-refractivity contribution is -0.131. The molecule has 2 heterocycles. The summed E-state index contributed by atoms with van der Waals surface area (Å²) >= 11 is 0. The highest BCUT2D eigenvalue weighted by molar-refractivity contribution is 5.95. The molecule has 0 aromatic heterocycles. The van der Waals surface area contributed by atoms with Gasteiger partial charge in [-0.1, -0.05) is 18.2 Å². The molecular weight excluding hydrogens is 322 g/mol. The molecule has 1 atom stereocenters. The first-order chi connectivity index (χ1) is 12.1. The van der Waals surface area contributed by atoms with E-state index in [4.69, 9.17) is 15.2 Å². The van der Waals surface area contributed by atoms with Crippen LogP contribution in [0.5, 0.6) is 0 Å². The second-order valence-electron chi connectivity index (χ2n) is 6.57. The molecule has 2 aliphatic rings. The minimum atomic E-state index is -0.719. The Kier molecular flexibility index (Phi) is 5.36. The average Bonchev–Trinajstić information content (AvgIpc) is 3.13. The Balaban J connectivity index is 1.68. The highest BCUT2D eigenvalue weighted by Gasteiger charge is 2.47. The van der Waals surface area contributed by atoms with Crippen molar-refractivity contribution in [2.24, 2.45) is 5.73 Å². The van der Waals surface area contributed by atoms with Gasteiger partial charge in [0.2, 0.25) is 5.91 Å². The van der Waals surface area contributed by atoms with Crippen LogP contribution in [0.3, 0.4) is 0 Å². The zero-order valence-electron chi connectivity index (χ0n) is 14.6. The summed E-state index contributed by atoms with van der Waals surface area (Å²) in [4.78, 5) is 28.8. The molecule has 0 spiro atoms. The zero-order valence-corrected chi connectivity index (χ0v) is 14.6. The number of carbonyl (C=O) groups is 2. The summed E-state index contributed by atoms with van der Waals surface area (Å²) in [5.41, 5.74) is 6.49. The standard InChI is InChI=1S/C18H25N3O4/c1-24-12-14-4-2-3-5-15(14)16(22)20-7-9-21(10-8-20)18(17(19)23)6-11-25-13-18/h2-5H,6-13H2,1H3,(H2,19,23). The van der Waals surface area contributed by atoms with Crippen LogP contribution in [-0.4, -0.2) is 73.7 Å². The molecule has 136 valence electrons. The molecule has 0 saturated carbocycles. The third-order valence-electron chi connectivity index (χ3n) is 5.18. The fraction of sp³-hybridized carbons (Fsp3) is 0.556. The van der Waals surface area contributed by atoms with Gasteiger partial charge in [-0.2, -0.15) is 0 Å². The molecule has 2 fully saturated rings. The Hall–Kier alpha value is -1.96. The summed E-state index contributed by atoms with van der Waals surface area (Å²) in [6.07, 6.45) is 0.618. The fourth-order valence-corrected chi connectivity index (χ4v) is 3.67. The number of methoxy groups -OCH3 is 1. The number of carbonyl (C=O) groups excluding carboxylic acids is 2. The smallest absolute Gasteiger partial charge is 0.254 e. The van der Waals surface area contributed by atoms with Crippen molar-refractivity contribution < 1.29 is 19.1 Å². The number of ether oxygens (including phenoxy) is 2. The molecule has 7 nitrogen and oxygen atoms in total. The van der Waals surface area contributed by atoms with Crippen molar-refractivity contribution in [2.75, 3.05) is 46.5 Å². The van der Waals surface area contributed by atoms with Crippen molar-refractivity contribution in [3.05, 3.63) is 35.4 Å². The lowest BCUT2D eigenvalue weighted by Crippen LogP contribution is -2.63. The minimum Gasteiger partial charge on any atom is -0.380 e. The van der Waals surface area contributed by atoms with Crippen LogP contribution in [0.4, 0.5) is 0 Å². The number of nitrogens with zero attached hydrogens (tertiary/aromatic N) is 2. The topological polar surface area (TPSA) is 85.1 Å². The SMILES string of the molecule is COCc1ccccc1C(=O)N1CCN(C2(C(N)=O)CCOC2)CC1. The third-order valence-corrected chi connectivity index (χ3v) is 5.18. The van der Waals surface area contributed by atoms with E-state index >= 15 is 0 Å². The maximum absolute atomic E-state index is 12.9. The number of piperazine rings is 1. The predicted molar refractivity (Wildman–Crippen MR) is 92.0 cm³/mol. The van der Waals surface area contributed by atoms with E-state index in [1.165, 1.54) is 0 Å². The molecule has 25 heavy (non-hydrogen) atoms. The van der Waals surface area contributed by atoms with Crippen molar-refractivity contribution in [1.82, 2.24) is 9.80 Å². The van der Waals surface area contributed by atoms with Crippen LogP contribution < -0.4 is 5.73 Å². The van der Waals surface area contributed by atoms with Crippen molar-refractivity contribution >= 4 is 11.8 Å². The normalized spacial score (nSPS) is 24.4. The van der Waals surface area contributed by atoms with Gasteiger partial charge < -0.3 is 20.1 Å². The molecule has 2 N–H and O–H groups in total. The third kappa shape index (κ3) is 3.40. The molecule has 0 radical (unpaired) electrons. The Morgan fingerprint density at radius 1 is 1.24 bits per heavy atom. The van der Waals surface area contributed by atoms with Gasteiger partial charge in [0.05, 0.1) is 13.2 Å². The number of amides is 2. The number of rotatable bonds is 5. The highest BCUT2D eigenvalue weighted by Crippen LogP contribution is 2.27. The first-order valence-corrected chi connectivity index (χ1v) is 8.57. The number of benzene rings is 1. The largest absolute Gasteiger partial charge is 0.380 e. The van der Waals surface area contributed by atoms with Gasteiger partial charge in [-0.3, -0.25) is 14.5 Å². The van der Waals surface area contributed by atoms with Crippen LogP contribution in [0.15, 0.2) is 24.3 Å². The quantitative estimate of drug-likeness (QED) is 0.824. The number of hydrogen-bond donors (Lipinski definition) is 1. The van der Waals surface area contributed by atoms with Crippen LogP contribution in [0.1, 0.15) is 22.3 Å². The van der Waals surface area contributed by atoms with Gasteiger partial charge >= 0.3 is 0 Å². The van der Waals surface area contributed by atoms with E-state index in [1.54, 1.807) is 7.11 Å². The van der Waals surface area contributed by atoms with Gasteiger partial charge in [0.25, 0.3) is 5.91 Å². The average molecular weight is 347 g/mol. The molecular formula is C18H25N3O4. The number of hydrogen-bond acceptors (Lipinski definition) is 5. The van der Waals surface area contributed by atoms with Crippen molar-refractivity contribution in [1.29, 1.82) is 0 Å². The second kappa shape index (κ2) is 7.51. The molecule has 1 aromatic carbocycles. The summed E-state index contributed by atoms with van der Waals surface area (Å²) in [6.45, 7) is 3.66. The van der Waals surface area contributed by atoms with Gasteiger partial charge in [0.1, 0.15) is 5.54 Å². The van der Waals surface area contributed by atoms with Crippen LogP contribution in [-0.2, 0) is 20.9 Å². The highest BCUT2D eigenvalue weighted by atomic mass is 16.5. The minimum absolute atomic E-state index is 0.00287. The van der Waals surface area contributed by atoms with Gasteiger partial charge in [0, 0.05) is 51.9 Å². The summed E-state index contributed by atoms with van der Waals surface area (Å²) < 4.78 is 10.6. The van der Waals surface area contributed by atoms with E-state index in [0.29, 0.717) is 58.0 Å². The van der Waals surface area contributed by atoms with E-state index in [1.807, 2.05) is 29.2 Å². The summed E-state index contributed by atoms with van der Waals surface area (Å²) in [6, 6.07) is 7.50. The van der Waals surface area contributed by atoms with Crippen LogP contribution in [0.25, 0.3) is 0 Å². The van der Waals surface area contributed by atoms with Gasteiger partial charge in [-0.15, -0.1) is 0 Å². The van der Waals surface area contributed by atoms with E-state index in [-0.39, 0.29) is 11.8 Å².